The fourth-order valence-corrected chi connectivity index (χ4v) is 3.17. The van der Waals surface area contributed by atoms with Crippen LogP contribution in [-0.2, 0) is 17.1 Å². The van der Waals surface area contributed by atoms with Crippen LogP contribution in [0.3, 0.4) is 0 Å². The van der Waals surface area contributed by atoms with Crippen LogP contribution in [-0.4, -0.2) is 16.4 Å². The van der Waals surface area contributed by atoms with Gasteiger partial charge in [-0.25, -0.2) is 12.1 Å². The monoisotopic (exact) mass is 428 g/mol. The molecule has 0 fully saturated rings. The molecule has 19 heavy (non-hydrogen) atoms. The summed E-state index contributed by atoms with van der Waals surface area (Å²) in [5.74, 6) is -0.862. The second-order valence-electron chi connectivity index (χ2n) is 3.61. The molecule has 0 saturated heterocycles. The van der Waals surface area contributed by atoms with Gasteiger partial charge >= 0.3 is 0 Å². The maximum Gasteiger partial charge on any atom is 0.278 e. The van der Waals surface area contributed by atoms with E-state index in [1.165, 1.54) is 0 Å². The third-order valence-electron chi connectivity index (χ3n) is 2.34. The van der Waals surface area contributed by atoms with Gasteiger partial charge in [0.1, 0.15) is 0 Å². The van der Waals surface area contributed by atoms with Crippen LogP contribution < -0.4 is 0 Å². The third-order valence-corrected chi connectivity index (χ3v) is 3.74. The maximum atomic E-state index is 10.8. The van der Waals surface area contributed by atoms with Gasteiger partial charge in [0.25, 0.3) is 5.97 Å². The van der Waals surface area contributed by atoms with E-state index in [9.17, 15) is 4.79 Å². The van der Waals surface area contributed by atoms with Crippen LogP contribution in [0.1, 0.15) is 27.2 Å². The topological polar surface area (TPSA) is 37.3 Å². The molecule has 1 atom stereocenters. The van der Waals surface area contributed by atoms with Crippen molar-refractivity contribution in [3.8, 4) is 0 Å². The smallest absolute Gasteiger partial charge is 0.278 e. The molecule has 0 aliphatic heterocycles. The van der Waals surface area contributed by atoms with Gasteiger partial charge in [0.05, 0.1) is 0 Å². The summed E-state index contributed by atoms with van der Waals surface area (Å²) in [6.07, 6.45) is 0.879. The van der Waals surface area contributed by atoms with E-state index in [0.29, 0.717) is 5.56 Å². The molecular formula is C14H14Br2FeO2-6. The zero-order valence-electron chi connectivity index (χ0n) is 10.1. The van der Waals surface area contributed by atoms with E-state index in [4.69, 9.17) is 5.11 Å². The average Bonchev–Trinajstić information content (AvgIpc) is 3.04. The van der Waals surface area contributed by atoms with Crippen LogP contribution in [0, 0.1) is 0 Å². The van der Waals surface area contributed by atoms with Gasteiger partial charge in [-0.05, 0) is 12.0 Å². The molecule has 0 amide bonds. The van der Waals surface area contributed by atoms with Crippen LogP contribution >= 0.6 is 31.9 Å². The molecule has 5 heteroatoms. The van der Waals surface area contributed by atoms with Gasteiger partial charge in [0.15, 0.2) is 0 Å². The Balaban J connectivity index is 0.000000454. The molecule has 0 saturated carbocycles. The zero-order chi connectivity index (χ0) is 13.4. The fourth-order valence-electron chi connectivity index (χ4n) is 1.47. The van der Waals surface area contributed by atoms with Gasteiger partial charge in [0.2, 0.25) is 0 Å². The summed E-state index contributed by atoms with van der Waals surface area (Å²) >= 11 is 6.77. The molecule has 2 aromatic carbocycles. The number of hydrogen-bond donors (Lipinski definition) is 1. The quantitative estimate of drug-likeness (QED) is 0.433. The molecular weight excluding hydrogens is 416 g/mol. The van der Waals surface area contributed by atoms with Crippen molar-refractivity contribution in [2.45, 2.75) is 11.2 Å². The van der Waals surface area contributed by atoms with Gasteiger partial charge in [0, 0.05) is 27.2 Å². The summed E-state index contributed by atoms with van der Waals surface area (Å²) in [6, 6.07) is 15.2. The largest absolute Gasteiger partial charge is 0.748 e. The standard InChI is InChI=1S/C9H9Br2O2.C5H5.Fe/c10-5-4-8(11)6-2-1-3-7(6)9(12)13;1-2-4-5-3-1;/h1-3,8H,4-5H2,(H,12,13);1-5H;/q-1;-5;. The second-order valence-corrected chi connectivity index (χ2v) is 5.51. The van der Waals surface area contributed by atoms with E-state index in [1.807, 2.05) is 36.4 Å². The molecule has 1 unspecified atom stereocenters. The van der Waals surface area contributed by atoms with Gasteiger partial charge in [-0.15, -0.1) is 5.56 Å². The van der Waals surface area contributed by atoms with E-state index in [1.54, 1.807) is 12.1 Å². The van der Waals surface area contributed by atoms with Crippen molar-refractivity contribution in [2.75, 3.05) is 5.33 Å². The predicted octanol–water partition coefficient (Wildman–Crippen LogP) is 4.73. The Kier molecular flexibility index (Phi) is 10.2. The molecule has 2 nitrogen and oxygen atoms in total. The van der Waals surface area contributed by atoms with E-state index < -0.39 is 5.97 Å². The van der Waals surface area contributed by atoms with Crippen LogP contribution in [0.25, 0.3) is 0 Å². The Hall–Kier alpha value is -0.351. The first-order valence-electron chi connectivity index (χ1n) is 5.52. The number of aromatic carboxylic acids is 1. The molecule has 110 valence electrons. The first-order valence-corrected chi connectivity index (χ1v) is 7.56. The van der Waals surface area contributed by atoms with Crippen molar-refractivity contribution >= 4 is 37.8 Å². The van der Waals surface area contributed by atoms with Gasteiger partial charge < -0.3 is 35.4 Å². The summed E-state index contributed by atoms with van der Waals surface area (Å²) in [4.78, 5) is 10.9. The Bertz CT molecular complexity index is 435. The van der Waals surface area contributed by atoms with Gasteiger partial charge in [-0.2, -0.15) is 6.07 Å². The molecule has 0 bridgehead atoms. The Morgan fingerprint density at radius 1 is 1.32 bits per heavy atom. The molecule has 0 aliphatic carbocycles. The number of hydrogen-bond acceptors (Lipinski definition) is 1. The van der Waals surface area contributed by atoms with Gasteiger partial charge in [-0.3, -0.25) is 4.79 Å². The molecule has 2 aromatic rings. The minimum absolute atomic E-state index is 0. The minimum Gasteiger partial charge on any atom is -0.748 e. The average molecular weight is 430 g/mol. The number of carboxylic acid groups (broad SMARTS) is 1. The summed E-state index contributed by atoms with van der Waals surface area (Å²) in [7, 11) is 0. The van der Waals surface area contributed by atoms with Crippen LogP contribution in [0.4, 0.5) is 0 Å². The third kappa shape index (κ3) is 6.57. The van der Waals surface area contributed by atoms with Crippen molar-refractivity contribution in [3.05, 3.63) is 59.7 Å². The SMILES string of the molecule is O=C(O)[c-]1cccc1C(Br)CCBr.[Fe].[cH-]1[cH-][cH-][cH-][cH-]1. The van der Waals surface area contributed by atoms with E-state index >= 15 is 0 Å². The summed E-state index contributed by atoms with van der Waals surface area (Å²) in [5, 5.41) is 9.69. The zero-order valence-corrected chi connectivity index (χ0v) is 14.4. The Morgan fingerprint density at radius 3 is 2.26 bits per heavy atom. The molecule has 0 aromatic heterocycles. The molecule has 0 heterocycles. The summed E-state index contributed by atoms with van der Waals surface area (Å²) in [6.45, 7) is 0. The minimum atomic E-state index is -0.862. The summed E-state index contributed by atoms with van der Waals surface area (Å²) < 4.78 is 0. The molecule has 0 aliphatic rings. The molecule has 0 radical (unpaired) electrons. The second kappa shape index (κ2) is 10.4. The molecule has 1 N–H and O–H groups in total. The normalized spacial score (nSPS) is 10.8. The van der Waals surface area contributed by atoms with Crippen LogP contribution in [0.2, 0.25) is 0 Å². The Labute approximate surface area is 140 Å². The molecule has 2 rings (SSSR count). The number of rotatable bonds is 4. The number of carbonyl (C=O) groups is 1. The van der Waals surface area contributed by atoms with Crippen LogP contribution in [0.5, 0.6) is 0 Å². The number of halogens is 2. The first kappa shape index (κ1) is 18.6. The predicted molar refractivity (Wildman–Crippen MR) is 81.1 cm³/mol. The van der Waals surface area contributed by atoms with Crippen molar-refractivity contribution in [3.63, 3.8) is 0 Å². The van der Waals surface area contributed by atoms with Crippen molar-refractivity contribution < 1.29 is 27.0 Å². The fraction of sp³-hybridized carbons (Fsp3) is 0.214. The number of carboxylic acids is 1. The molecule has 0 spiro atoms. The van der Waals surface area contributed by atoms with Crippen molar-refractivity contribution in [1.82, 2.24) is 0 Å². The van der Waals surface area contributed by atoms with Gasteiger partial charge in [-0.1, -0.05) is 31.9 Å². The van der Waals surface area contributed by atoms with E-state index in [-0.39, 0.29) is 21.9 Å². The van der Waals surface area contributed by atoms with E-state index in [2.05, 4.69) is 31.9 Å². The first-order chi connectivity index (χ1) is 8.66. The van der Waals surface area contributed by atoms with Crippen molar-refractivity contribution in [1.29, 1.82) is 0 Å². The maximum absolute atomic E-state index is 10.8. The van der Waals surface area contributed by atoms with E-state index in [0.717, 1.165) is 17.3 Å². The van der Waals surface area contributed by atoms with Crippen LogP contribution in [0.15, 0.2) is 48.5 Å². The summed E-state index contributed by atoms with van der Waals surface area (Å²) in [5.41, 5.74) is 1.25. The van der Waals surface area contributed by atoms with Crippen molar-refractivity contribution in [2.24, 2.45) is 0 Å². The number of alkyl halides is 2. The Morgan fingerprint density at radius 2 is 1.84 bits per heavy atom.